The highest BCUT2D eigenvalue weighted by Crippen LogP contribution is 2.42. The van der Waals surface area contributed by atoms with Gasteiger partial charge >= 0.3 is 5.97 Å². The molecule has 0 atom stereocenters. The lowest BCUT2D eigenvalue weighted by atomic mass is 10.1. The van der Waals surface area contributed by atoms with Gasteiger partial charge in [-0.25, -0.2) is 19.2 Å². The number of halogens is 1. The number of hydrogen-bond donors (Lipinski definition) is 1. The first-order valence-electron chi connectivity index (χ1n) is 8.95. The van der Waals surface area contributed by atoms with Crippen LogP contribution in [0, 0.1) is 5.82 Å². The highest BCUT2D eigenvalue weighted by molar-refractivity contribution is 5.94. The molecule has 6 nitrogen and oxygen atoms in total. The molecule has 1 fully saturated rings. The molecule has 0 radical (unpaired) electrons. The maximum Gasteiger partial charge on any atom is 0.335 e. The molecule has 1 aliphatic rings. The van der Waals surface area contributed by atoms with Crippen molar-refractivity contribution in [2.75, 3.05) is 0 Å². The van der Waals surface area contributed by atoms with Crippen LogP contribution in [0.4, 0.5) is 4.39 Å². The molecule has 0 aliphatic heterocycles. The molecule has 0 bridgehead atoms. The summed E-state index contributed by atoms with van der Waals surface area (Å²) >= 11 is 0. The van der Waals surface area contributed by atoms with Crippen molar-refractivity contribution >= 4 is 16.9 Å². The zero-order chi connectivity index (χ0) is 19.3. The van der Waals surface area contributed by atoms with E-state index in [9.17, 15) is 14.3 Å². The number of aromatic nitrogens is 4. The number of aromatic carboxylic acids is 1. The van der Waals surface area contributed by atoms with Crippen LogP contribution in [-0.2, 0) is 0 Å². The van der Waals surface area contributed by atoms with E-state index in [1.54, 1.807) is 53.5 Å². The van der Waals surface area contributed by atoms with Crippen molar-refractivity contribution in [2.24, 2.45) is 0 Å². The third kappa shape index (κ3) is 2.72. The fourth-order valence-electron chi connectivity index (χ4n) is 3.35. The minimum absolute atomic E-state index is 0.180. The van der Waals surface area contributed by atoms with Crippen molar-refractivity contribution < 1.29 is 14.3 Å². The first kappa shape index (κ1) is 16.6. The zero-order valence-electron chi connectivity index (χ0n) is 14.7. The van der Waals surface area contributed by atoms with E-state index < -0.39 is 5.97 Å². The van der Waals surface area contributed by atoms with E-state index in [0.717, 1.165) is 23.9 Å². The van der Waals surface area contributed by atoms with Crippen molar-refractivity contribution in [2.45, 2.75) is 18.8 Å². The van der Waals surface area contributed by atoms with Crippen LogP contribution in [-0.4, -0.2) is 30.8 Å². The van der Waals surface area contributed by atoms with Gasteiger partial charge in [0, 0.05) is 34.8 Å². The number of rotatable bonds is 4. The summed E-state index contributed by atoms with van der Waals surface area (Å²) in [5.74, 6) is -0.638. The van der Waals surface area contributed by atoms with E-state index in [4.69, 9.17) is 0 Å². The van der Waals surface area contributed by atoms with Crippen LogP contribution in [0.2, 0.25) is 0 Å². The molecule has 1 saturated carbocycles. The van der Waals surface area contributed by atoms with Crippen molar-refractivity contribution in [3.05, 3.63) is 71.9 Å². The van der Waals surface area contributed by atoms with Crippen molar-refractivity contribution in [3.63, 3.8) is 0 Å². The standard InChI is InChI=1S/C21H15FN4O2/c22-17-4-2-1-3-15(17)14-10-23-21(24-11-14)26-18-9-13(20(27)28)7-8-16(18)19(25-26)12-5-6-12/h1-4,7-12H,5-6H2,(H,27,28). The van der Waals surface area contributed by atoms with E-state index in [1.807, 2.05) is 0 Å². The molecule has 1 aliphatic carbocycles. The molecule has 28 heavy (non-hydrogen) atoms. The number of hydrogen-bond acceptors (Lipinski definition) is 4. The summed E-state index contributed by atoms with van der Waals surface area (Å²) in [5, 5.41) is 14.9. The van der Waals surface area contributed by atoms with E-state index in [2.05, 4.69) is 15.1 Å². The summed E-state index contributed by atoms with van der Waals surface area (Å²) in [5.41, 5.74) is 2.76. The molecule has 0 amide bonds. The minimum atomic E-state index is -1.00. The SMILES string of the molecule is O=C(O)c1ccc2c(C3CC3)nn(-c3ncc(-c4ccccc4F)cn3)c2c1. The monoisotopic (exact) mass is 374 g/mol. The Morgan fingerprint density at radius 1 is 1.11 bits per heavy atom. The maximum atomic E-state index is 14.0. The molecule has 7 heteroatoms. The molecule has 0 saturated heterocycles. The summed E-state index contributed by atoms with van der Waals surface area (Å²) in [6, 6.07) is 11.4. The lowest BCUT2D eigenvalue weighted by Crippen LogP contribution is -2.04. The second-order valence-electron chi connectivity index (χ2n) is 6.86. The fraction of sp³-hybridized carbons (Fsp3) is 0.143. The van der Waals surface area contributed by atoms with Gasteiger partial charge in [0.05, 0.1) is 16.8 Å². The summed E-state index contributed by atoms with van der Waals surface area (Å²) in [4.78, 5) is 20.1. The predicted molar refractivity (Wildman–Crippen MR) is 101 cm³/mol. The van der Waals surface area contributed by atoms with Crippen LogP contribution in [0.25, 0.3) is 28.0 Å². The van der Waals surface area contributed by atoms with E-state index in [-0.39, 0.29) is 11.4 Å². The molecule has 2 aromatic heterocycles. The molecule has 2 heterocycles. The highest BCUT2D eigenvalue weighted by atomic mass is 19.1. The lowest BCUT2D eigenvalue weighted by molar-refractivity contribution is 0.0697. The average molecular weight is 374 g/mol. The molecule has 1 N–H and O–H groups in total. The van der Waals surface area contributed by atoms with Gasteiger partial charge in [0.25, 0.3) is 5.95 Å². The third-order valence-corrected chi connectivity index (χ3v) is 4.93. The van der Waals surface area contributed by atoms with E-state index in [1.165, 1.54) is 6.07 Å². The van der Waals surface area contributed by atoms with Crippen LogP contribution in [0.15, 0.2) is 54.9 Å². The van der Waals surface area contributed by atoms with E-state index >= 15 is 0 Å². The third-order valence-electron chi connectivity index (χ3n) is 4.93. The molecule has 4 aromatic rings. The Kier molecular flexibility index (Phi) is 3.68. The fourth-order valence-corrected chi connectivity index (χ4v) is 3.35. The summed E-state index contributed by atoms with van der Waals surface area (Å²) in [6.07, 6.45) is 5.23. The van der Waals surface area contributed by atoms with Gasteiger partial charge in [-0.2, -0.15) is 9.78 Å². The second kappa shape index (κ2) is 6.23. The first-order chi connectivity index (χ1) is 13.6. The Morgan fingerprint density at radius 2 is 1.86 bits per heavy atom. The van der Waals surface area contributed by atoms with Crippen LogP contribution in [0.3, 0.4) is 0 Å². The van der Waals surface area contributed by atoms with Crippen molar-refractivity contribution in [3.8, 4) is 17.1 Å². The predicted octanol–water partition coefficient (Wildman–Crippen LogP) is 4.20. The van der Waals surface area contributed by atoms with Gasteiger partial charge in [0.15, 0.2) is 0 Å². The number of carboxylic acids is 1. The lowest BCUT2D eigenvalue weighted by Gasteiger charge is -2.05. The van der Waals surface area contributed by atoms with Gasteiger partial charge in [-0.3, -0.25) is 0 Å². The number of benzene rings is 2. The number of fused-ring (bicyclic) bond motifs is 1. The molecule has 0 unspecified atom stereocenters. The first-order valence-corrected chi connectivity index (χ1v) is 8.95. The van der Waals surface area contributed by atoms with Gasteiger partial charge in [-0.15, -0.1) is 0 Å². The van der Waals surface area contributed by atoms with Crippen LogP contribution in [0.1, 0.15) is 34.8 Å². The molecule has 138 valence electrons. The van der Waals surface area contributed by atoms with Gasteiger partial charge in [-0.1, -0.05) is 24.3 Å². The largest absolute Gasteiger partial charge is 0.478 e. The van der Waals surface area contributed by atoms with Crippen molar-refractivity contribution in [1.29, 1.82) is 0 Å². The van der Waals surface area contributed by atoms with E-state index in [0.29, 0.717) is 28.5 Å². The number of carbonyl (C=O) groups is 1. The number of carboxylic acid groups (broad SMARTS) is 1. The quantitative estimate of drug-likeness (QED) is 0.579. The molecule has 2 aromatic carbocycles. The van der Waals surface area contributed by atoms with Gasteiger partial charge < -0.3 is 5.11 Å². The smallest absolute Gasteiger partial charge is 0.335 e. The number of nitrogens with zero attached hydrogens (tertiary/aromatic N) is 4. The second-order valence-corrected chi connectivity index (χ2v) is 6.86. The molecular formula is C21H15FN4O2. The Hall–Kier alpha value is -3.61. The van der Waals surface area contributed by atoms with Crippen LogP contribution >= 0.6 is 0 Å². The maximum absolute atomic E-state index is 14.0. The highest BCUT2D eigenvalue weighted by Gasteiger charge is 2.30. The summed E-state index contributed by atoms with van der Waals surface area (Å²) in [6.45, 7) is 0. The topological polar surface area (TPSA) is 80.9 Å². The summed E-state index contributed by atoms with van der Waals surface area (Å²) < 4.78 is 15.6. The van der Waals surface area contributed by atoms with Gasteiger partial charge in [-0.05, 0) is 31.0 Å². The minimum Gasteiger partial charge on any atom is -0.478 e. The van der Waals surface area contributed by atoms with Crippen LogP contribution in [0.5, 0.6) is 0 Å². The average Bonchev–Trinajstić information content (AvgIpc) is 3.49. The Bertz CT molecular complexity index is 1210. The molecule has 0 spiro atoms. The van der Waals surface area contributed by atoms with Gasteiger partial charge in [0.2, 0.25) is 0 Å². The Labute approximate surface area is 159 Å². The van der Waals surface area contributed by atoms with Crippen LogP contribution < -0.4 is 0 Å². The van der Waals surface area contributed by atoms with Crippen molar-refractivity contribution in [1.82, 2.24) is 19.7 Å². The molecule has 5 rings (SSSR count). The normalized spacial score (nSPS) is 13.8. The summed E-state index contributed by atoms with van der Waals surface area (Å²) in [7, 11) is 0. The Morgan fingerprint density at radius 3 is 2.54 bits per heavy atom. The van der Waals surface area contributed by atoms with Gasteiger partial charge in [0.1, 0.15) is 5.82 Å². The Balaban J connectivity index is 1.63. The zero-order valence-corrected chi connectivity index (χ0v) is 14.7. The molecular weight excluding hydrogens is 359 g/mol.